The van der Waals surface area contributed by atoms with E-state index < -0.39 is 11.6 Å². The minimum atomic E-state index is -0.714. The lowest BCUT2D eigenvalue weighted by atomic mass is 10.0. The van der Waals surface area contributed by atoms with Crippen LogP contribution in [0.25, 0.3) is 0 Å². The maximum atomic E-state index is 13.5. The lowest BCUT2D eigenvalue weighted by Gasteiger charge is -2.12. The maximum absolute atomic E-state index is 13.5. The van der Waals surface area contributed by atoms with Crippen LogP contribution in [0, 0.1) is 18.6 Å². The highest BCUT2D eigenvalue weighted by Gasteiger charge is 2.11. The van der Waals surface area contributed by atoms with Crippen molar-refractivity contribution in [2.75, 3.05) is 6.54 Å². The van der Waals surface area contributed by atoms with Crippen molar-refractivity contribution in [2.45, 2.75) is 39.7 Å². The number of benzene rings is 1. The molecule has 1 aromatic rings. The van der Waals surface area contributed by atoms with E-state index >= 15 is 0 Å². The van der Waals surface area contributed by atoms with Crippen molar-refractivity contribution in [3.8, 4) is 0 Å². The maximum Gasteiger partial charge on any atom is 0.162 e. The fraction of sp³-hybridized carbons (Fsp3) is 0.538. The second-order valence-electron chi connectivity index (χ2n) is 4.17. The molecule has 0 fully saturated rings. The summed E-state index contributed by atoms with van der Waals surface area (Å²) in [5, 5.41) is 3.24. The van der Waals surface area contributed by atoms with Crippen LogP contribution in [0.15, 0.2) is 12.1 Å². The Morgan fingerprint density at radius 2 is 1.94 bits per heavy atom. The molecular formula is C13H19F2N. The Labute approximate surface area is 95.9 Å². The Morgan fingerprint density at radius 3 is 2.56 bits per heavy atom. The molecule has 0 radical (unpaired) electrons. The molecule has 0 aliphatic rings. The zero-order valence-corrected chi connectivity index (χ0v) is 10.1. The van der Waals surface area contributed by atoms with Gasteiger partial charge < -0.3 is 5.32 Å². The van der Waals surface area contributed by atoms with Crippen LogP contribution in [0.5, 0.6) is 0 Å². The molecule has 0 aliphatic heterocycles. The van der Waals surface area contributed by atoms with Gasteiger partial charge in [-0.25, -0.2) is 8.78 Å². The molecule has 1 rings (SSSR count). The SMILES string of the molecule is CCNC(C)CCc1ccc(C)c(F)c1F. The van der Waals surface area contributed by atoms with E-state index in [-0.39, 0.29) is 0 Å². The van der Waals surface area contributed by atoms with Gasteiger partial charge in [-0.15, -0.1) is 0 Å². The van der Waals surface area contributed by atoms with Crippen molar-refractivity contribution in [1.29, 1.82) is 0 Å². The quantitative estimate of drug-likeness (QED) is 0.814. The Kier molecular flexibility index (Phi) is 4.87. The zero-order valence-electron chi connectivity index (χ0n) is 10.1. The van der Waals surface area contributed by atoms with Crippen LogP contribution in [0.2, 0.25) is 0 Å². The fourth-order valence-electron chi connectivity index (χ4n) is 1.70. The first-order valence-corrected chi connectivity index (χ1v) is 5.73. The van der Waals surface area contributed by atoms with Gasteiger partial charge >= 0.3 is 0 Å². The molecule has 1 N–H and O–H groups in total. The summed E-state index contributed by atoms with van der Waals surface area (Å²) >= 11 is 0. The standard InChI is InChI=1S/C13H19F2N/c1-4-16-10(3)6-8-11-7-5-9(2)12(14)13(11)15/h5,7,10,16H,4,6,8H2,1-3H3. The molecule has 0 saturated heterocycles. The zero-order chi connectivity index (χ0) is 12.1. The third kappa shape index (κ3) is 3.27. The molecule has 0 aromatic heterocycles. The van der Waals surface area contributed by atoms with Gasteiger partial charge in [-0.2, -0.15) is 0 Å². The number of halogens is 2. The molecule has 0 aliphatic carbocycles. The van der Waals surface area contributed by atoms with Gasteiger partial charge in [0.1, 0.15) is 0 Å². The highest BCUT2D eigenvalue weighted by molar-refractivity contribution is 5.25. The molecule has 0 spiro atoms. The van der Waals surface area contributed by atoms with Crippen LogP contribution < -0.4 is 5.32 Å². The first-order valence-electron chi connectivity index (χ1n) is 5.73. The topological polar surface area (TPSA) is 12.0 Å². The molecule has 1 nitrogen and oxygen atoms in total. The smallest absolute Gasteiger partial charge is 0.162 e. The Hall–Kier alpha value is -0.960. The third-order valence-electron chi connectivity index (χ3n) is 2.75. The minimum absolute atomic E-state index is 0.328. The number of hydrogen-bond donors (Lipinski definition) is 1. The first kappa shape index (κ1) is 13.1. The molecule has 90 valence electrons. The number of nitrogens with one attached hydrogen (secondary N) is 1. The monoisotopic (exact) mass is 227 g/mol. The van der Waals surface area contributed by atoms with Gasteiger partial charge in [0.05, 0.1) is 0 Å². The first-order chi connectivity index (χ1) is 7.56. The predicted octanol–water partition coefficient (Wildman–Crippen LogP) is 3.20. The van der Waals surface area contributed by atoms with Crippen molar-refractivity contribution in [3.05, 3.63) is 34.9 Å². The summed E-state index contributed by atoms with van der Waals surface area (Å²) in [5.41, 5.74) is 0.828. The van der Waals surface area contributed by atoms with Crippen molar-refractivity contribution >= 4 is 0 Å². The molecule has 1 atom stereocenters. The second kappa shape index (κ2) is 5.94. The summed E-state index contributed by atoms with van der Waals surface area (Å²) in [6.07, 6.45) is 1.38. The van der Waals surface area contributed by atoms with Gasteiger partial charge in [-0.1, -0.05) is 19.1 Å². The highest BCUT2D eigenvalue weighted by atomic mass is 19.2. The second-order valence-corrected chi connectivity index (χ2v) is 4.17. The summed E-state index contributed by atoms with van der Waals surface area (Å²) in [6.45, 7) is 6.55. The lowest BCUT2D eigenvalue weighted by molar-refractivity contribution is 0.481. The number of hydrogen-bond acceptors (Lipinski definition) is 1. The Morgan fingerprint density at radius 1 is 1.25 bits per heavy atom. The fourth-order valence-corrected chi connectivity index (χ4v) is 1.70. The van der Waals surface area contributed by atoms with Crippen LogP contribution in [-0.4, -0.2) is 12.6 Å². The van der Waals surface area contributed by atoms with E-state index in [4.69, 9.17) is 0 Å². The van der Waals surface area contributed by atoms with Crippen molar-refractivity contribution in [3.63, 3.8) is 0 Å². The number of rotatable bonds is 5. The van der Waals surface area contributed by atoms with E-state index in [0.717, 1.165) is 13.0 Å². The van der Waals surface area contributed by atoms with Crippen LogP contribution in [0.1, 0.15) is 31.4 Å². The van der Waals surface area contributed by atoms with Crippen molar-refractivity contribution in [1.82, 2.24) is 5.32 Å². The summed E-state index contributed by atoms with van der Waals surface area (Å²) in [5.74, 6) is -1.41. The molecule has 16 heavy (non-hydrogen) atoms. The minimum Gasteiger partial charge on any atom is -0.315 e. The molecule has 1 unspecified atom stereocenters. The summed E-state index contributed by atoms with van der Waals surface area (Å²) in [7, 11) is 0. The molecule has 3 heteroatoms. The number of aryl methyl sites for hydroxylation is 2. The van der Waals surface area contributed by atoms with Gasteiger partial charge in [0, 0.05) is 6.04 Å². The van der Waals surface area contributed by atoms with E-state index in [0.29, 0.717) is 23.6 Å². The summed E-state index contributed by atoms with van der Waals surface area (Å²) in [6, 6.07) is 3.63. The van der Waals surface area contributed by atoms with Gasteiger partial charge in [0.15, 0.2) is 11.6 Å². The van der Waals surface area contributed by atoms with E-state index in [1.165, 1.54) is 0 Å². The van der Waals surface area contributed by atoms with Crippen LogP contribution >= 0.6 is 0 Å². The molecule has 0 heterocycles. The Balaban J connectivity index is 2.64. The highest BCUT2D eigenvalue weighted by Crippen LogP contribution is 2.17. The predicted molar refractivity (Wildman–Crippen MR) is 62.6 cm³/mol. The molecular weight excluding hydrogens is 208 g/mol. The average molecular weight is 227 g/mol. The van der Waals surface area contributed by atoms with E-state index in [9.17, 15) is 8.78 Å². The van der Waals surface area contributed by atoms with Gasteiger partial charge in [0.2, 0.25) is 0 Å². The molecule has 0 saturated carbocycles. The Bertz CT molecular complexity index is 350. The summed E-state index contributed by atoms with van der Waals surface area (Å²) in [4.78, 5) is 0. The van der Waals surface area contributed by atoms with Crippen molar-refractivity contribution < 1.29 is 8.78 Å². The van der Waals surface area contributed by atoms with Crippen LogP contribution in [-0.2, 0) is 6.42 Å². The average Bonchev–Trinajstić information content (AvgIpc) is 2.25. The molecule has 0 bridgehead atoms. The van der Waals surface area contributed by atoms with Crippen LogP contribution in [0.4, 0.5) is 8.78 Å². The van der Waals surface area contributed by atoms with E-state index in [2.05, 4.69) is 5.32 Å². The lowest BCUT2D eigenvalue weighted by Crippen LogP contribution is -2.26. The molecule has 0 amide bonds. The largest absolute Gasteiger partial charge is 0.315 e. The summed E-state index contributed by atoms with van der Waals surface area (Å²) < 4.78 is 26.8. The molecule has 1 aromatic carbocycles. The van der Waals surface area contributed by atoms with Gasteiger partial charge in [-0.3, -0.25) is 0 Å². The third-order valence-corrected chi connectivity index (χ3v) is 2.75. The van der Waals surface area contributed by atoms with E-state index in [1.807, 2.05) is 13.8 Å². The van der Waals surface area contributed by atoms with Crippen molar-refractivity contribution in [2.24, 2.45) is 0 Å². The van der Waals surface area contributed by atoms with Gasteiger partial charge in [-0.05, 0) is 44.4 Å². The van der Waals surface area contributed by atoms with E-state index in [1.54, 1.807) is 19.1 Å². The normalized spacial score (nSPS) is 12.8. The van der Waals surface area contributed by atoms with Crippen LogP contribution in [0.3, 0.4) is 0 Å². The van der Waals surface area contributed by atoms with Gasteiger partial charge in [0.25, 0.3) is 0 Å².